The molecule has 1 aliphatic rings. The van der Waals surface area contributed by atoms with E-state index in [1.54, 1.807) is 6.07 Å². The molecule has 0 unspecified atom stereocenters. The van der Waals surface area contributed by atoms with E-state index >= 15 is 0 Å². The van der Waals surface area contributed by atoms with Gasteiger partial charge in [0, 0.05) is 29.4 Å². The molecule has 1 fully saturated rings. The molecule has 0 aliphatic carbocycles. The normalized spacial score (nSPS) is 15.9. The van der Waals surface area contributed by atoms with Gasteiger partial charge in [-0.05, 0) is 17.7 Å². The van der Waals surface area contributed by atoms with Crippen molar-refractivity contribution in [1.82, 2.24) is 0 Å². The SMILES string of the molecule is [N-]=[N+]=Nc1cccc(N2CCOCC2)c1. The number of nitrogens with zero attached hydrogens (tertiary/aromatic N) is 4. The molecule has 1 aromatic carbocycles. The molecule has 0 spiro atoms. The van der Waals surface area contributed by atoms with E-state index in [1.807, 2.05) is 18.2 Å². The Morgan fingerprint density at radius 1 is 1.33 bits per heavy atom. The van der Waals surface area contributed by atoms with Gasteiger partial charge in [0.25, 0.3) is 0 Å². The van der Waals surface area contributed by atoms with Gasteiger partial charge in [0.15, 0.2) is 0 Å². The Morgan fingerprint density at radius 3 is 2.87 bits per heavy atom. The minimum atomic E-state index is 0.654. The maximum Gasteiger partial charge on any atom is 0.0642 e. The van der Waals surface area contributed by atoms with Crippen LogP contribution in [0.2, 0.25) is 0 Å². The fourth-order valence-electron chi connectivity index (χ4n) is 1.63. The Morgan fingerprint density at radius 2 is 2.13 bits per heavy atom. The predicted octanol–water partition coefficient (Wildman–Crippen LogP) is 2.46. The highest BCUT2D eigenvalue weighted by Gasteiger charge is 2.10. The maximum absolute atomic E-state index is 8.35. The summed E-state index contributed by atoms with van der Waals surface area (Å²) in [5.74, 6) is 0. The Hall–Kier alpha value is -1.71. The lowest BCUT2D eigenvalue weighted by Crippen LogP contribution is -2.36. The van der Waals surface area contributed by atoms with Crippen molar-refractivity contribution in [2.24, 2.45) is 5.11 Å². The molecule has 0 atom stereocenters. The van der Waals surface area contributed by atoms with Crippen LogP contribution >= 0.6 is 0 Å². The van der Waals surface area contributed by atoms with Crippen molar-refractivity contribution < 1.29 is 4.74 Å². The van der Waals surface area contributed by atoms with E-state index in [2.05, 4.69) is 14.9 Å². The molecular weight excluding hydrogens is 192 g/mol. The fourth-order valence-corrected chi connectivity index (χ4v) is 1.63. The van der Waals surface area contributed by atoms with E-state index in [9.17, 15) is 0 Å². The first-order valence-electron chi connectivity index (χ1n) is 4.88. The van der Waals surface area contributed by atoms with Crippen LogP contribution in [0.15, 0.2) is 29.4 Å². The Kier molecular flexibility index (Phi) is 3.07. The molecule has 0 amide bonds. The molecule has 1 aromatic rings. The van der Waals surface area contributed by atoms with Gasteiger partial charge in [-0.1, -0.05) is 17.2 Å². The number of azide groups is 1. The van der Waals surface area contributed by atoms with Crippen molar-refractivity contribution in [3.05, 3.63) is 34.7 Å². The average Bonchev–Trinajstić information content (AvgIpc) is 2.31. The number of hydrogen-bond donors (Lipinski definition) is 0. The molecular formula is C10H12N4O. The molecule has 0 radical (unpaired) electrons. The molecule has 1 aliphatic heterocycles. The highest BCUT2D eigenvalue weighted by atomic mass is 16.5. The summed E-state index contributed by atoms with van der Waals surface area (Å²) in [6.45, 7) is 3.29. The third-order valence-electron chi connectivity index (χ3n) is 2.37. The maximum atomic E-state index is 8.35. The van der Waals surface area contributed by atoms with Gasteiger partial charge < -0.3 is 9.64 Å². The zero-order chi connectivity index (χ0) is 10.5. The van der Waals surface area contributed by atoms with Crippen molar-refractivity contribution in [3.63, 3.8) is 0 Å². The van der Waals surface area contributed by atoms with Crippen LogP contribution in [0.4, 0.5) is 11.4 Å². The van der Waals surface area contributed by atoms with Gasteiger partial charge in [0.05, 0.1) is 13.2 Å². The predicted molar refractivity (Wildman–Crippen MR) is 58.3 cm³/mol. The van der Waals surface area contributed by atoms with Crippen LogP contribution < -0.4 is 4.90 Å². The molecule has 0 N–H and O–H groups in total. The summed E-state index contributed by atoms with van der Waals surface area (Å²) in [6.07, 6.45) is 0. The highest BCUT2D eigenvalue weighted by Crippen LogP contribution is 2.22. The summed E-state index contributed by atoms with van der Waals surface area (Å²) in [5, 5.41) is 3.58. The molecule has 2 rings (SSSR count). The summed E-state index contributed by atoms with van der Waals surface area (Å²) < 4.78 is 5.28. The Balaban J connectivity index is 2.19. The van der Waals surface area contributed by atoms with Crippen LogP contribution in [-0.2, 0) is 4.74 Å². The highest BCUT2D eigenvalue weighted by molar-refractivity contribution is 5.55. The zero-order valence-electron chi connectivity index (χ0n) is 8.33. The first kappa shape index (κ1) is 9.83. The Labute approximate surface area is 87.9 Å². The van der Waals surface area contributed by atoms with Crippen molar-refractivity contribution in [1.29, 1.82) is 0 Å². The van der Waals surface area contributed by atoms with E-state index in [0.717, 1.165) is 32.0 Å². The van der Waals surface area contributed by atoms with E-state index in [4.69, 9.17) is 10.3 Å². The lowest BCUT2D eigenvalue weighted by molar-refractivity contribution is 0.122. The van der Waals surface area contributed by atoms with Gasteiger partial charge in [-0.25, -0.2) is 0 Å². The molecule has 1 saturated heterocycles. The molecule has 15 heavy (non-hydrogen) atoms. The van der Waals surface area contributed by atoms with Crippen molar-refractivity contribution >= 4 is 11.4 Å². The topological polar surface area (TPSA) is 61.2 Å². The van der Waals surface area contributed by atoms with Gasteiger partial charge in [0.1, 0.15) is 0 Å². The van der Waals surface area contributed by atoms with Gasteiger partial charge in [-0.3, -0.25) is 0 Å². The second-order valence-electron chi connectivity index (χ2n) is 3.31. The number of anilines is 1. The summed E-state index contributed by atoms with van der Waals surface area (Å²) in [4.78, 5) is 5.00. The van der Waals surface area contributed by atoms with E-state index in [-0.39, 0.29) is 0 Å². The van der Waals surface area contributed by atoms with Crippen LogP contribution in [0.3, 0.4) is 0 Å². The monoisotopic (exact) mass is 204 g/mol. The molecule has 0 aromatic heterocycles. The lowest BCUT2D eigenvalue weighted by Gasteiger charge is -2.28. The van der Waals surface area contributed by atoms with E-state index in [0.29, 0.717) is 5.69 Å². The average molecular weight is 204 g/mol. The van der Waals surface area contributed by atoms with Gasteiger partial charge in [-0.2, -0.15) is 0 Å². The summed E-state index contributed by atoms with van der Waals surface area (Å²) in [6, 6.07) is 7.60. The van der Waals surface area contributed by atoms with Crippen LogP contribution in [0.1, 0.15) is 0 Å². The number of benzene rings is 1. The van der Waals surface area contributed by atoms with Crippen molar-refractivity contribution in [2.75, 3.05) is 31.2 Å². The third kappa shape index (κ3) is 2.40. The van der Waals surface area contributed by atoms with Crippen LogP contribution in [0.5, 0.6) is 0 Å². The van der Waals surface area contributed by atoms with Crippen LogP contribution in [-0.4, -0.2) is 26.3 Å². The molecule has 5 nitrogen and oxygen atoms in total. The lowest BCUT2D eigenvalue weighted by atomic mass is 10.2. The van der Waals surface area contributed by atoms with Crippen molar-refractivity contribution in [3.8, 4) is 0 Å². The molecule has 1 heterocycles. The number of hydrogen-bond acceptors (Lipinski definition) is 3. The van der Waals surface area contributed by atoms with E-state index in [1.165, 1.54) is 0 Å². The number of rotatable bonds is 2. The summed E-state index contributed by atoms with van der Waals surface area (Å²) >= 11 is 0. The molecule has 0 saturated carbocycles. The smallest absolute Gasteiger partial charge is 0.0642 e. The minimum Gasteiger partial charge on any atom is -0.378 e. The second kappa shape index (κ2) is 4.68. The van der Waals surface area contributed by atoms with Crippen LogP contribution in [0.25, 0.3) is 10.4 Å². The summed E-state index contributed by atoms with van der Waals surface area (Å²) in [5.41, 5.74) is 10.1. The first-order chi connectivity index (χ1) is 7.40. The second-order valence-corrected chi connectivity index (χ2v) is 3.31. The number of ether oxygens (including phenoxy) is 1. The van der Waals surface area contributed by atoms with Gasteiger partial charge >= 0.3 is 0 Å². The Bertz CT molecular complexity index is 381. The van der Waals surface area contributed by atoms with Gasteiger partial charge in [0.2, 0.25) is 0 Å². The molecule has 78 valence electrons. The standard InChI is InChI=1S/C10H12N4O/c11-13-12-9-2-1-3-10(8-9)14-4-6-15-7-5-14/h1-3,8H,4-7H2. The summed E-state index contributed by atoms with van der Waals surface area (Å²) in [7, 11) is 0. The quantitative estimate of drug-likeness (QED) is 0.422. The van der Waals surface area contributed by atoms with E-state index < -0.39 is 0 Å². The van der Waals surface area contributed by atoms with Gasteiger partial charge in [-0.15, -0.1) is 0 Å². The number of morpholine rings is 1. The largest absolute Gasteiger partial charge is 0.378 e. The first-order valence-corrected chi connectivity index (χ1v) is 4.88. The zero-order valence-corrected chi connectivity index (χ0v) is 8.33. The minimum absolute atomic E-state index is 0.654. The fraction of sp³-hybridized carbons (Fsp3) is 0.400. The molecule has 5 heteroatoms. The van der Waals surface area contributed by atoms with Crippen molar-refractivity contribution in [2.45, 2.75) is 0 Å². The van der Waals surface area contributed by atoms with Crippen LogP contribution in [0, 0.1) is 0 Å². The molecule has 0 bridgehead atoms. The third-order valence-corrected chi connectivity index (χ3v) is 2.37.